The summed E-state index contributed by atoms with van der Waals surface area (Å²) in [5, 5.41) is 9.73. The number of anilines is 1. The molecule has 0 atom stereocenters. The topological polar surface area (TPSA) is 93.7 Å². The maximum atomic E-state index is 13.5. The van der Waals surface area contributed by atoms with Gasteiger partial charge in [-0.2, -0.15) is 0 Å². The molecule has 0 saturated heterocycles. The summed E-state index contributed by atoms with van der Waals surface area (Å²) >= 11 is 0. The molecule has 0 spiro atoms. The Bertz CT molecular complexity index is 1210. The summed E-state index contributed by atoms with van der Waals surface area (Å²) in [6.45, 7) is 6.83. The second kappa shape index (κ2) is 12.3. The van der Waals surface area contributed by atoms with Gasteiger partial charge in [0, 0.05) is 50.0 Å². The van der Waals surface area contributed by atoms with Crippen molar-refractivity contribution in [1.29, 1.82) is 0 Å². The van der Waals surface area contributed by atoms with E-state index < -0.39 is 0 Å². The van der Waals surface area contributed by atoms with Crippen molar-refractivity contribution in [2.45, 2.75) is 20.3 Å². The van der Waals surface area contributed by atoms with Crippen LogP contribution in [0, 0.1) is 6.92 Å². The first-order valence-electron chi connectivity index (χ1n) is 12.7. The van der Waals surface area contributed by atoms with Crippen LogP contribution >= 0.6 is 0 Å². The quantitative estimate of drug-likeness (QED) is 0.457. The summed E-state index contributed by atoms with van der Waals surface area (Å²) in [6, 6.07) is 7.65. The Kier molecular flexibility index (Phi) is 8.68. The van der Waals surface area contributed by atoms with Crippen LogP contribution in [0.25, 0.3) is 11.4 Å². The molecule has 2 aromatic rings. The van der Waals surface area contributed by atoms with E-state index in [1.807, 2.05) is 48.2 Å². The maximum Gasteiger partial charge on any atom is 0.260 e. The van der Waals surface area contributed by atoms with Gasteiger partial charge in [0.1, 0.15) is 0 Å². The monoisotopic (exact) mass is 501 g/mol. The lowest BCUT2D eigenvalue weighted by molar-refractivity contribution is -0.139. The lowest BCUT2D eigenvalue weighted by Gasteiger charge is -2.32. The minimum atomic E-state index is -0.139. The van der Waals surface area contributed by atoms with Crippen molar-refractivity contribution >= 4 is 17.5 Å². The highest BCUT2D eigenvalue weighted by molar-refractivity contribution is 5.87. The van der Waals surface area contributed by atoms with Crippen LogP contribution in [0.4, 0.5) is 5.69 Å². The smallest absolute Gasteiger partial charge is 0.260 e. The maximum absolute atomic E-state index is 13.5. The zero-order valence-corrected chi connectivity index (χ0v) is 21.8. The lowest BCUT2D eigenvalue weighted by atomic mass is 10.0. The summed E-state index contributed by atoms with van der Waals surface area (Å²) in [5.74, 6) is 0.348. The molecule has 1 aliphatic heterocycles. The van der Waals surface area contributed by atoms with Crippen molar-refractivity contribution in [1.82, 2.24) is 30.6 Å². The van der Waals surface area contributed by atoms with Gasteiger partial charge in [-0.05, 0) is 48.7 Å². The first kappa shape index (κ1) is 26.1. The SMILES string of the molecule is CCNCCNC(=O)CN(CC(=O)N(C)N1C=C2CC=CC=C2C1)c1cc(-c2ncccn2)ccc1C. The van der Waals surface area contributed by atoms with Crippen LogP contribution in [0.15, 0.2) is 72.2 Å². The van der Waals surface area contributed by atoms with Crippen LogP contribution in [0.5, 0.6) is 0 Å². The molecular weight excluding hydrogens is 466 g/mol. The van der Waals surface area contributed by atoms with Gasteiger partial charge < -0.3 is 15.5 Å². The van der Waals surface area contributed by atoms with Gasteiger partial charge in [0.15, 0.2) is 5.82 Å². The van der Waals surface area contributed by atoms with Gasteiger partial charge in [0.25, 0.3) is 5.91 Å². The molecule has 9 heteroatoms. The number of benzene rings is 1. The van der Waals surface area contributed by atoms with Crippen molar-refractivity contribution in [3.63, 3.8) is 0 Å². The van der Waals surface area contributed by atoms with E-state index in [0.717, 1.165) is 29.8 Å². The number of hydrogen-bond donors (Lipinski definition) is 2. The van der Waals surface area contributed by atoms with E-state index in [-0.39, 0.29) is 24.9 Å². The van der Waals surface area contributed by atoms with E-state index in [0.29, 0.717) is 25.5 Å². The largest absolute Gasteiger partial charge is 0.353 e. The number of aryl methyl sites for hydroxylation is 1. The second-order valence-electron chi connectivity index (χ2n) is 9.13. The first-order valence-corrected chi connectivity index (χ1v) is 12.7. The predicted molar refractivity (Wildman–Crippen MR) is 145 cm³/mol. The van der Waals surface area contributed by atoms with Crippen LogP contribution in [0.1, 0.15) is 18.9 Å². The molecule has 0 bridgehead atoms. The number of hydrogen-bond acceptors (Lipinski definition) is 7. The van der Waals surface area contributed by atoms with Crippen molar-refractivity contribution < 1.29 is 9.59 Å². The molecule has 1 aliphatic carbocycles. The Morgan fingerprint density at radius 2 is 1.92 bits per heavy atom. The number of amides is 2. The summed E-state index contributed by atoms with van der Waals surface area (Å²) < 4.78 is 0. The average molecular weight is 502 g/mol. The van der Waals surface area contributed by atoms with E-state index in [9.17, 15) is 9.59 Å². The van der Waals surface area contributed by atoms with Crippen molar-refractivity contribution in [2.24, 2.45) is 0 Å². The fraction of sp³-hybridized carbons (Fsp3) is 0.357. The molecule has 1 aromatic heterocycles. The summed E-state index contributed by atoms with van der Waals surface area (Å²) in [5.41, 5.74) is 5.04. The molecule has 2 amide bonds. The van der Waals surface area contributed by atoms with Gasteiger partial charge in [-0.15, -0.1) is 0 Å². The number of rotatable bonds is 11. The minimum absolute atomic E-state index is 0.0496. The highest BCUT2D eigenvalue weighted by atomic mass is 16.2. The highest BCUT2D eigenvalue weighted by Gasteiger charge is 2.26. The standard InChI is InChI=1S/C28H35N7O2/c1-4-29-14-15-30-26(36)19-34(25-16-22(11-10-21(25)2)28-31-12-7-13-32-28)20-27(37)33(3)35-17-23-8-5-6-9-24(23)18-35/h5-8,10-13,16,18,29H,4,9,14-15,17,19-20H2,1-3H3,(H,30,36). The second-order valence-corrected chi connectivity index (χ2v) is 9.13. The molecule has 2 N–H and O–H groups in total. The first-order chi connectivity index (χ1) is 18.0. The van der Waals surface area contributed by atoms with Crippen LogP contribution in [0.2, 0.25) is 0 Å². The van der Waals surface area contributed by atoms with E-state index in [1.165, 1.54) is 11.1 Å². The van der Waals surface area contributed by atoms with Crippen molar-refractivity contribution in [3.8, 4) is 11.4 Å². The predicted octanol–water partition coefficient (Wildman–Crippen LogP) is 2.44. The van der Waals surface area contributed by atoms with Gasteiger partial charge >= 0.3 is 0 Å². The number of carbonyl (C=O) groups excluding carboxylic acids is 2. The molecule has 2 heterocycles. The Balaban J connectivity index is 1.54. The van der Waals surface area contributed by atoms with Crippen molar-refractivity contribution in [3.05, 3.63) is 77.8 Å². The van der Waals surface area contributed by atoms with Gasteiger partial charge in [-0.25, -0.2) is 9.97 Å². The fourth-order valence-corrected chi connectivity index (χ4v) is 4.37. The van der Waals surface area contributed by atoms with Crippen LogP contribution in [0.3, 0.4) is 0 Å². The third kappa shape index (κ3) is 6.62. The number of nitrogens with zero attached hydrogens (tertiary/aromatic N) is 5. The number of hydrazine groups is 1. The lowest BCUT2D eigenvalue weighted by Crippen LogP contribution is -2.48. The Hall–Kier alpha value is -3.98. The molecule has 37 heavy (non-hydrogen) atoms. The molecule has 1 aromatic carbocycles. The van der Waals surface area contributed by atoms with Crippen LogP contribution in [-0.2, 0) is 9.59 Å². The normalized spacial score (nSPS) is 14.1. The molecule has 0 saturated carbocycles. The van der Waals surface area contributed by atoms with Crippen molar-refractivity contribution in [2.75, 3.05) is 51.2 Å². The molecule has 9 nitrogen and oxygen atoms in total. The van der Waals surface area contributed by atoms with E-state index in [1.54, 1.807) is 30.5 Å². The average Bonchev–Trinajstić information content (AvgIpc) is 3.35. The van der Waals surface area contributed by atoms with Gasteiger partial charge in [-0.1, -0.05) is 37.3 Å². The van der Waals surface area contributed by atoms with E-state index in [4.69, 9.17) is 0 Å². The van der Waals surface area contributed by atoms with E-state index >= 15 is 0 Å². The zero-order chi connectivity index (χ0) is 26.2. The summed E-state index contributed by atoms with van der Waals surface area (Å²) in [7, 11) is 1.78. The molecule has 0 fully saturated rings. The van der Waals surface area contributed by atoms with Crippen LogP contribution < -0.4 is 15.5 Å². The Morgan fingerprint density at radius 1 is 1.11 bits per heavy atom. The zero-order valence-electron chi connectivity index (χ0n) is 21.8. The molecule has 4 rings (SSSR count). The number of allylic oxidation sites excluding steroid dienone is 3. The van der Waals surface area contributed by atoms with Gasteiger partial charge in [0.2, 0.25) is 5.91 Å². The summed E-state index contributed by atoms with van der Waals surface area (Å²) in [6.07, 6.45) is 12.6. The number of fused-ring (bicyclic) bond motifs is 1. The fourth-order valence-electron chi connectivity index (χ4n) is 4.37. The van der Waals surface area contributed by atoms with E-state index in [2.05, 4.69) is 38.8 Å². The third-order valence-corrected chi connectivity index (χ3v) is 6.48. The summed E-state index contributed by atoms with van der Waals surface area (Å²) in [4.78, 5) is 36.9. The number of carbonyl (C=O) groups is 2. The molecule has 194 valence electrons. The Morgan fingerprint density at radius 3 is 2.68 bits per heavy atom. The highest BCUT2D eigenvalue weighted by Crippen LogP contribution is 2.29. The number of nitrogens with one attached hydrogen (secondary N) is 2. The molecule has 0 radical (unpaired) electrons. The van der Waals surface area contributed by atoms with Gasteiger partial charge in [0.05, 0.1) is 19.6 Å². The molecular formula is C28H35N7O2. The molecule has 0 unspecified atom stereocenters. The van der Waals surface area contributed by atoms with Gasteiger partial charge in [-0.3, -0.25) is 19.6 Å². The molecule has 2 aliphatic rings. The minimum Gasteiger partial charge on any atom is -0.353 e. The van der Waals surface area contributed by atoms with Crippen LogP contribution in [-0.4, -0.2) is 78.1 Å². The third-order valence-electron chi connectivity index (χ3n) is 6.48. The Labute approximate surface area is 218 Å². The number of aromatic nitrogens is 2. The number of likely N-dealkylation sites (N-methyl/N-ethyl adjacent to an activating group) is 2.